The molecule has 2 aliphatic heterocycles. The van der Waals surface area contributed by atoms with E-state index >= 15 is 0 Å². The van der Waals surface area contributed by atoms with Crippen LogP contribution >= 0.6 is 0 Å². The van der Waals surface area contributed by atoms with Crippen molar-refractivity contribution < 1.29 is 19.4 Å². The number of rotatable bonds is 4. The standard InChI is InChI=1S/C20H28N2O4/c1-15-4-5-16(12-17(15)23)19(25)22-9-3-7-20(14-22)8-6-18(24)21(13-20)10-11-26-2/h4-5,12,23H,3,6-11,13-14H2,1-2H3. The fourth-order valence-corrected chi connectivity index (χ4v) is 4.15. The minimum atomic E-state index is -0.0419. The first-order valence-electron chi connectivity index (χ1n) is 9.30. The predicted octanol–water partition coefficient (Wildman–Crippen LogP) is 2.19. The SMILES string of the molecule is COCCN1CC2(CCCN(C(=O)c3ccc(C)c(O)c3)C2)CCC1=O. The Morgan fingerprint density at radius 2 is 2.12 bits per heavy atom. The van der Waals surface area contributed by atoms with E-state index in [9.17, 15) is 14.7 Å². The molecule has 2 saturated heterocycles. The lowest BCUT2D eigenvalue weighted by Gasteiger charge is -2.48. The van der Waals surface area contributed by atoms with Gasteiger partial charge >= 0.3 is 0 Å². The van der Waals surface area contributed by atoms with Crippen LogP contribution in [0.25, 0.3) is 0 Å². The third-order valence-corrected chi connectivity index (χ3v) is 5.72. The average molecular weight is 360 g/mol. The number of phenols is 1. The van der Waals surface area contributed by atoms with Crippen molar-refractivity contribution in [2.75, 3.05) is 39.9 Å². The molecule has 0 saturated carbocycles. The molecule has 1 spiro atoms. The second-order valence-corrected chi connectivity index (χ2v) is 7.64. The van der Waals surface area contributed by atoms with Gasteiger partial charge in [0, 0.05) is 50.7 Å². The summed E-state index contributed by atoms with van der Waals surface area (Å²) in [6, 6.07) is 5.09. The van der Waals surface area contributed by atoms with Crippen LogP contribution in [0.15, 0.2) is 18.2 Å². The Hall–Kier alpha value is -2.08. The van der Waals surface area contributed by atoms with Crippen molar-refractivity contribution in [2.24, 2.45) is 5.41 Å². The lowest BCUT2D eigenvalue weighted by atomic mass is 9.73. The van der Waals surface area contributed by atoms with E-state index in [-0.39, 0.29) is 23.0 Å². The predicted molar refractivity (Wildman–Crippen MR) is 98.1 cm³/mol. The fourth-order valence-electron chi connectivity index (χ4n) is 4.15. The van der Waals surface area contributed by atoms with Crippen molar-refractivity contribution in [3.8, 4) is 5.75 Å². The fraction of sp³-hybridized carbons (Fsp3) is 0.600. The summed E-state index contributed by atoms with van der Waals surface area (Å²) in [5.41, 5.74) is 1.26. The number of carbonyl (C=O) groups excluding carboxylic acids is 2. The van der Waals surface area contributed by atoms with E-state index in [0.717, 1.165) is 31.4 Å². The molecule has 0 radical (unpaired) electrons. The van der Waals surface area contributed by atoms with E-state index in [2.05, 4.69) is 0 Å². The summed E-state index contributed by atoms with van der Waals surface area (Å²) in [5, 5.41) is 9.91. The first-order valence-corrected chi connectivity index (χ1v) is 9.30. The molecule has 26 heavy (non-hydrogen) atoms. The van der Waals surface area contributed by atoms with E-state index in [0.29, 0.717) is 38.2 Å². The van der Waals surface area contributed by atoms with Crippen LogP contribution in [0.5, 0.6) is 5.75 Å². The molecule has 0 aliphatic carbocycles. The molecule has 1 atom stereocenters. The Morgan fingerprint density at radius 3 is 2.85 bits per heavy atom. The van der Waals surface area contributed by atoms with Crippen LogP contribution in [-0.4, -0.2) is 66.6 Å². The maximum absolute atomic E-state index is 12.9. The second kappa shape index (κ2) is 7.66. The van der Waals surface area contributed by atoms with Crippen molar-refractivity contribution in [1.29, 1.82) is 0 Å². The van der Waals surface area contributed by atoms with Gasteiger partial charge in [0.15, 0.2) is 0 Å². The maximum atomic E-state index is 12.9. The minimum absolute atomic E-state index is 0.0255. The van der Waals surface area contributed by atoms with Crippen molar-refractivity contribution in [2.45, 2.75) is 32.6 Å². The largest absolute Gasteiger partial charge is 0.508 e. The van der Waals surface area contributed by atoms with Gasteiger partial charge in [-0.1, -0.05) is 6.07 Å². The Morgan fingerprint density at radius 1 is 1.31 bits per heavy atom. The number of carbonyl (C=O) groups is 2. The van der Waals surface area contributed by atoms with Gasteiger partial charge in [-0.2, -0.15) is 0 Å². The molecule has 2 aliphatic rings. The van der Waals surface area contributed by atoms with Gasteiger partial charge in [0.1, 0.15) is 5.75 Å². The molecular formula is C20H28N2O4. The number of aryl methyl sites for hydroxylation is 1. The summed E-state index contributed by atoms with van der Waals surface area (Å²) in [4.78, 5) is 28.9. The molecule has 2 fully saturated rings. The monoisotopic (exact) mass is 360 g/mol. The highest BCUT2D eigenvalue weighted by Gasteiger charge is 2.42. The first-order chi connectivity index (χ1) is 12.4. The quantitative estimate of drug-likeness (QED) is 0.894. The highest BCUT2D eigenvalue weighted by molar-refractivity contribution is 5.94. The molecule has 0 bridgehead atoms. The van der Waals surface area contributed by atoms with E-state index < -0.39 is 0 Å². The smallest absolute Gasteiger partial charge is 0.254 e. The molecule has 142 valence electrons. The third kappa shape index (κ3) is 3.85. The van der Waals surface area contributed by atoms with Crippen LogP contribution < -0.4 is 0 Å². The van der Waals surface area contributed by atoms with Gasteiger partial charge in [-0.15, -0.1) is 0 Å². The van der Waals surface area contributed by atoms with Gasteiger partial charge in [0.2, 0.25) is 5.91 Å². The number of ether oxygens (including phenoxy) is 1. The number of hydrogen-bond donors (Lipinski definition) is 1. The van der Waals surface area contributed by atoms with Crippen LogP contribution in [0.1, 0.15) is 41.6 Å². The lowest BCUT2D eigenvalue weighted by molar-refractivity contribution is -0.139. The van der Waals surface area contributed by atoms with Crippen LogP contribution in [0.4, 0.5) is 0 Å². The van der Waals surface area contributed by atoms with Gasteiger partial charge in [0.25, 0.3) is 5.91 Å². The normalized spacial score (nSPS) is 23.5. The number of methoxy groups -OCH3 is 1. The van der Waals surface area contributed by atoms with Crippen LogP contribution in [0, 0.1) is 12.3 Å². The molecule has 1 aromatic carbocycles. The van der Waals surface area contributed by atoms with Gasteiger partial charge in [-0.3, -0.25) is 9.59 Å². The van der Waals surface area contributed by atoms with E-state index in [1.807, 2.05) is 16.7 Å². The van der Waals surface area contributed by atoms with Gasteiger partial charge < -0.3 is 19.6 Å². The van der Waals surface area contributed by atoms with Crippen molar-refractivity contribution in [1.82, 2.24) is 9.80 Å². The topological polar surface area (TPSA) is 70.1 Å². The molecule has 3 rings (SSSR count). The van der Waals surface area contributed by atoms with Crippen LogP contribution in [-0.2, 0) is 9.53 Å². The van der Waals surface area contributed by atoms with E-state index in [1.165, 1.54) is 0 Å². The molecule has 0 aromatic heterocycles. The summed E-state index contributed by atoms with van der Waals surface area (Å²) in [5.74, 6) is 0.288. The first kappa shape index (κ1) is 18.7. The number of hydrogen-bond acceptors (Lipinski definition) is 4. The Bertz CT molecular complexity index is 690. The Kier molecular flexibility index (Phi) is 5.51. The van der Waals surface area contributed by atoms with Crippen molar-refractivity contribution in [3.05, 3.63) is 29.3 Å². The second-order valence-electron chi connectivity index (χ2n) is 7.64. The number of amides is 2. The minimum Gasteiger partial charge on any atom is -0.508 e. The van der Waals surface area contributed by atoms with Crippen LogP contribution in [0.2, 0.25) is 0 Å². The van der Waals surface area contributed by atoms with Crippen molar-refractivity contribution >= 4 is 11.8 Å². The molecule has 6 heteroatoms. The van der Waals surface area contributed by atoms with E-state index in [1.54, 1.807) is 25.3 Å². The summed E-state index contributed by atoms with van der Waals surface area (Å²) in [6.07, 6.45) is 3.35. The molecule has 6 nitrogen and oxygen atoms in total. The average Bonchev–Trinajstić information content (AvgIpc) is 2.64. The Labute approximate surface area is 154 Å². The lowest BCUT2D eigenvalue weighted by Crippen LogP contribution is -2.55. The molecule has 1 unspecified atom stereocenters. The summed E-state index contributed by atoms with van der Waals surface area (Å²) < 4.78 is 5.12. The maximum Gasteiger partial charge on any atom is 0.254 e. The molecule has 1 aromatic rings. The molecule has 2 heterocycles. The van der Waals surface area contributed by atoms with Crippen molar-refractivity contribution in [3.63, 3.8) is 0 Å². The number of benzene rings is 1. The Balaban J connectivity index is 1.72. The zero-order valence-corrected chi connectivity index (χ0v) is 15.7. The number of aromatic hydroxyl groups is 1. The van der Waals surface area contributed by atoms with E-state index in [4.69, 9.17) is 4.74 Å². The van der Waals surface area contributed by atoms with Gasteiger partial charge in [-0.05, 0) is 43.9 Å². The number of piperidine rings is 2. The summed E-state index contributed by atoms with van der Waals surface area (Å²) in [6.45, 7) is 5.04. The summed E-state index contributed by atoms with van der Waals surface area (Å²) in [7, 11) is 1.64. The highest BCUT2D eigenvalue weighted by atomic mass is 16.5. The molecule has 1 N–H and O–H groups in total. The number of nitrogens with zero attached hydrogens (tertiary/aromatic N) is 2. The third-order valence-electron chi connectivity index (χ3n) is 5.72. The highest BCUT2D eigenvalue weighted by Crippen LogP contribution is 2.39. The zero-order valence-electron chi connectivity index (χ0n) is 15.7. The number of likely N-dealkylation sites (tertiary alicyclic amines) is 2. The molecular weight excluding hydrogens is 332 g/mol. The zero-order chi connectivity index (χ0) is 18.7. The van der Waals surface area contributed by atoms with Crippen LogP contribution in [0.3, 0.4) is 0 Å². The van der Waals surface area contributed by atoms with Gasteiger partial charge in [-0.25, -0.2) is 0 Å². The van der Waals surface area contributed by atoms with Gasteiger partial charge in [0.05, 0.1) is 6.61 Å². The number of phenolic OH excluding ortho intramolecular Hbond substituents is 1. The molecule has 2 amide bonds. The summed E-state index contributed by atoms with van der Waals surface area (Å²) >= 11 is 0.